The Hall–Kier alpha value is -2.29. The van der Waals surface area contributed by atoms with Crippen LogP contribution in [0.1, 0.15) is 29.8 Å². The number of benzene rings is 1. The number of hydrogen-bond acceptors (Lipinski definition) is 2. The Kier molecular flexibility index (Phi) is 6.30. The minimum atomic E-state index is -0.175. The number of hydrogen-bond donors (Lipinski definition) is 1. The van der Waals surface area contributed by atoms with Gasteiger partial charge >= 0.3 is 0 Å². The number of methoxy groups -OCH3 is 1. The molecule has 0 spiro atoms. The van der Waals surface area contributed by atoms with Gasteiger partial charge in [0.25, 0.3) is 5.91 Å². The molecule has 1 rings (SSSR count). The third kappa shape index (κ3) is 3.85. The average Bonchev–Trinajstić information content (AvgIpc) is 2.46. The summed E-state index contributed by atoms with van der Waals surface area (Å²) in [6, 6.07) is 5.62. The summed E-state index contributed by atoms with van der Waals surface area (Å²) < 4.78 is 5.29. The summed E-state index contributed by atoms with van der Waals surface area (Å²) >= 11 is 0. The Labute approximate surface area is 120 Å². The largest absolute Gasteiger partial charge is 0.496 e. The van der Waals surface area contributed by atoms with Gasteiger partial charge < -0.3 is 10.1 Å². The molecule has 1 aromatic rings. The molecule has 0 atom stereocenters. The predicted molar refractivity (Wildman–Crippen MR) is 82.9 cm³/mol. The van der Waals surface area contributed by atoms with Gasteiger partial charge in [-0.1, -0.05) is 37.8 Å². The molecule has 0 aliphatic rings. The van der Waals surface area contributed by atoms with Gasteiger partial charge in [0.15, 0.2) is 0 Å². The zero-order valence-electron chi connectivity index (χ0n) is 12.3. The lowest BCUT2D eigenvalue weighted by Crippen LogP contribution is -2.23. The van der Waals surface area contributed by atoms with Crippen molar-refractivity contribution < 1.29 is 9.53 Å². The molecule has 0 saturated carbocycles. The number of carbonyl (C=O) groups excluding carboxylic acids is 1. The molecule has 1 amide bonds. The van der Waals surface area contributed by atoms with Crippen molar-refractivity contribution >= 4 is 5.91 Å². The van der Waals surface area contributed by atoms with Crippen LogP contribution in [0.25, 0.3) is 0 Å². The van der Waals surface area contributed by atoms with Crippen LogP contribution >= 0.6 is 0 Å². The third-order valence-electron chi connectivity index (χ3n) is 2.84. The van der Waals surface area contributed by atoms with Crippen LogP contribution in [-0.2, 0) is 6.42 Å². The Balaban J connectivity index is 3.14. The first-order valence-corrected chi connectivity index (χ1v) is 6.60. The molecule has 3 nitrogen and oxygen atoms in total. The van der Waals surface area contributed by atoms with Crippen LogP contribution in [-0.4, -0.2) is 13.0 Å². The number of amides is 1. The first kappa shape index (κ1) is 15.8. The van der Waals surface area contributed by atoms with Gasteiger partial charge in [-0.3, -0.25) is 4.79 Å². The molecule has 1 N–H and O–H groups in total. The lowest BCUT2D eigenvalue weighted by molar-refractivity contribution is 0.0963. The van der Waals surface area contributed by atoms with E-state index in [1.54, 1.807) is 25.3 Å². The van der Waals surface area contributed by atoms with Crippen LogP contribution < -0.4 is 10.1 Å². The predicted octanol–water partition coefficient (Wildman–Crippen LogP) is 3.63. The molecule has 0 aliphatic carbocycles. The summed E-state index contributed by atoms with van der Waals surface area (Å²) in [7, 11) is 1.57. The van der Waals surface area contributed by atoms with Crippen LogP contribution in [0.3, 0.4) is 0 Å². The number of ether oxygens (including phenoxy) is 1. The van der Waals surface area contributed by atoms with Crippen molar-refractivity contribution in [1.29, 1.82) is 0 Å². The number of allylic oxidation sites excluding steroid dienone is 4. The van der Waals surface area contributed by atoms with Crippen molar-refractivity contribution in [3.05, 3.63) is 65.9 Å². The molecule has 20 heavy (non-hydrogen) atoms. The second-order valence-corrected chi connectivity index (χ2v) is 4.16. The van der Waals surface area contributed by atoms with E-state index in [1.807, 2.05) is 38.1 Å². The van der Waals surface area contributed by atoms with Crippen LogP contribution in [0.5, 0.6) is 5.75 Å². The maximum atomic E-state index is 12.5. The van der Waals surface area contributed by atoms with Gasteiger partial charge in [0.2, 0.25) is 0 Å². The van der Waals surface area contributed by atoms with E-state index in [4.69, 9.17) is 4.74 Å². The summed E-state index contributed by atoms with van der Waals surface area (Å²) in [5.74, 6) is 0.408. The zero-order valence-corrected chi connectivity index (χ0v) is 12.3. The Morgan fingerprint density at radius 2 is 2.20 bits per heavy atom. The molecule has 0 aromatic heterocycles. The first-order valence-electron chi connectivity index (χ1n) is 6.60. The molecule has 106 valence electrons. The molecule has 3 heteroatoms. The van der Waals surface area contributed by atoms with E-state index >= 15 is 0 Å². The van der Waals surface area contributed by atoms with Gasteiger partial charge in [-0.2, -0.15) is 0 Å². The Bertz CT molecular complexity index is 520. The molecular formula is C17H21NO2. The molecule has 0 saturated heterocycles. The van der Waals surface area contributed by atoms with Crippen LogP contribution in [0.15, 0.2) is 54.8 Å². The van der Waals surface area contributed by atoms with Gasteiger partial charge in [0, 0.05) is 5.70 Å². The molecular weight excluding hydrogens is 250 g/mol. The first-order chi connectivity index (χ1) is 9.67. The quantitative estimate of drug-likeness (QED) is 0.802. The van der Waals surface area contributed by atoms with Gasteiger partial charge in [0.05, 0.1) is 12.7 Å². The highest BCUT2D eigenvalue weighted by molar-refractivity contribution is 5.99. The number of nitrogens with one attached hydrogen (secondary N) is 1. The van der Waals surface area contributed by atoms with Gasteiger partial charge in [-0.05, 0) is 37.1 Å². The van der Waals surface area contributed by atoms with Crippen molar-refractivity contribution in [3.8, 4) is 5.75 Å². The second-order valence-electron chi connectivity index (χ2n) is 4.16. The van der Waals surface area contributed by atoms with Crippen molar-refractivity contribution in [3.63, 3.8) is 0 Å². The standard InChI is InChI=1S/C17H21NO2/c1-5-9-14(10-6-2)18-17(19)16-13(7-3)11-8-12-15(16)20-4/h5-6,8-12H,1,7H2,2-4H3,(H,18,19)/b10-6-,14-9+. The summed E-state index contributed by atoms with van der Waals surface area (Å²) in [6.45, 7) is 7.55. The number of carbonyl (C=O) groups is 1. The normalized spacial score (nSPS) is 11.4. The SMILES string of the molecule is C=C/C=C(\C=C/C)NC(=O)c1c(CC)cccc1OC. The monoisotopic (exact) mass is 271 g/mol. The van der Waals surface area contributed by atoms with E-state index in [1.165, 1.54) is 0 Å². The highest BCUT2D eigenvalue weighted by Gasteiger charge is 2.16. The summed E-state index contributed by atoms with van der Waals surface area (Å²) in [5.41, 5.74) is 2.23. The fourth-order valence-corrected chi connectivity index (χ4v) is 1.94. The van der Waals surface area contributed by atoms with Crippen molar-refractivity contribution in [1.82, 2.24) is 5.32 Å². The van der Waals surface area contributed by atoms with Crippen LogP contribution in [0, 0.1) is 0 Å². The molecule has 1 aromatic carbocycles. The fourth-order valence-electron chi connectivity index (χ4n) is 1.94. The van der Waals surface area contributed by atoms with E-state index in [0.717, 1.165) is 12.0 Å². The third-order valence-corrected chi connectivity index (χ3v) is 2.84. The lowest BCUT2D eigenvalue weighted by atomic mass is 10.0. The van der Waals surface area contributed by atoms with E-state index in [2.05, 4.69) is 11.9 Å². The van der Waals surface area contributed by atoms with Gasteiger partial charge in [-0.15, -0.1) is 0 Å². The minimum absolute atomic E-state index is 0.175. The molecule has 0 aliphatic heterocycles. The average molecular weight is 271 g/mol. The highest BCUT2D eigenvalue weighted by Crippen LogP contribution is 2.23. The maximum Gasteiger partial charge on any atom is 0.259 e. The van der Waals surface area contributed by atoms with E-state index in [9.17, 15) is 4.79 Å². The fraction of sp³-hybridized carbons (Fsp3) is 0.235. The number of rotatable bonds is 6. The van der Waals surface area contributed by atoms with Gasteiger partial charge in [0.1, 0.15) is 5.75 Å². The zero-order chi connectivity index (χ0) is 15.0. The second kappa shape index (κ2) is 8.00. The summed E-state index contributed by atoms with van der Waals surface area (Å²) in [4.78, 5) is 12.5. The van der Waals surface area contributed by atoms with E-state index < -0.39 is 0 Å². The molecule has 0 heterocycles. The maximum absolute atomic E-state index is 12.5. The molecule has 0 bridgehead atoms. The minimum Gasteiger partial charge on any atom is -0.496 e. The van der Waals surface area contributed by atoms with E-state index in [0.29, 0.717) is 17.0 Å². The lowest BCUT2D eigenvalue weighted by Gasteiger charge is -2.13. The summed E-state index contributed by atoms with van der Waals surface area (Å²) in [6.07, 6.45) is 7.83. The van der Waals surface area contributed by atoms with Gasteiger partial charge in [-0.25, -0.2) is 0 Å². The highest BCUT2D eigenvalue weighted by atomic mass is 16.5. The van der Waals surface area contributed by atoms with Crippen LogP contribution in [0.2, 0.25) is 0 Å². The van der Waals surface area contributed by atoms with Crippen molar-refractivity contribution in [2.45, 2.75) is 20.3 Å². The topological polar surface area (TPSA) is 38.3 Å². The Morgan fingerprint density at radius 1 is 1.45 bits per heavy atom. The van der Waals surface area contributed by atoms with E-state index in [-0.39, 0.29) is 5.91 Å². The summed E-state index contributed by atoms with van der Waals surface area (Å²) in [5, 5.41) is 2.87. The molecule has 0 fully saturated rings. The van der Waals surface area contributed by atoms with Crippen molar-refractivity contribution in [2.75, 3.05) is 7.11 Å². The number of aryl methyl sites for hydroxylation is 1. The smallest absolute Gasteiger partial charge is 0.259 e. The van der Waals surface area contributed by atoms with Crippen LogP contribution in [0.4, 0.5) is 0 Å². The van der Waals surface area contributed by atoms with Crippen molar-refractivity contribution in [2.24, 2.45) is 0 Å². The Morgan fingerprint density at radius 3 is 2.75 bits per heavy atom. The molecule has 0 unspecified atom stereocenters. The molecule has 0 radical (unpaired) electrons.